The molecule has 0 bridgehead atoms. The molecule has 0 atom stereocenters. The Kier molecular flexibility index (Phi) is 1.85. The van der Waals surface area contributed by atoms with E-state index in [1.807, 2.05) is 0 Å². The fourth-order valence-electron chi connectivity index (χ4n) is 2.23. The molecule has 0 aromatic carbocycles. The molecule has 1 fully saturated rings. The van der Waals surface area contributed by atoms with Crippen molar-refractivity contribution in [3.63, 3.8) is 0 Å². The summed E-state index contributed by atoms with van der Waals surface area (Å²) in [6.45, 7) is 2.60. The van der Waals surface area contributed by atoms with Gasteiger partial charge in [0.05, 0.1) is 11.7 Å². The monoisotopic (exact) mass is 192 g/mol. The van der Waals surface area contributed by atoms with E-state index in [1.54, 1.807) is 0 Å². The molecule has 2 aliphatic rings. The molecule has 0 amide bonds. The SMILES string of the molecule is NCc1nn(C2CC2)c2c1CNCC2. The van der Waals surface area contributed by atoms with Crippen LogP contribution < -0.4 is 11.1 Å². The topological polar surface area (TPSA) is 55.9 Å². The maximum Gasteiger partial charge on any atom is 0.0808 e. The summed E-state index contributed by atoms with van der Waals surface area (Å²) < 4.78 is 2.23. The number of hydrogen-bond donors (Lipinski definition) is 2. The number of aromatic nitrogens is 2. The summed E-state index contributed by atoms with van der Waals surface area (Å²) in [5.74, 6) is 0. The predicted octanol–water partition coefficient (Wildman–Crippen LogP) is 0.322. The van der Waals surface area contributed by atoms with Crippen LogP contribution in [0.2, 0.25) is 0 Å². The van der Waals surface area contributed by atoms with Crippen LogP contribution in [0.25, 0.3) is 0 Å². The number of nitrogens with two attached hydrogens (primary N) is 1. The highest BCUT2D eigenvalue weighted by Crippen LogP contribution is 2.37. The van der Waals surface area contributed by atoms with E-state index in [1.165, 1.54) is 24.1 Å². The number of hydrogen-bond acceptors (Lipinski definition) is 3. The molecule has 76 valence electrons. The Bertz CT molecular complexity index is 351. The van der Waals surface area contributed by atoms with Crippen molar-refractivity contribution < 1.29 is 0 Å². The third-order valence-corrected chi connectivity index (χ3v) is 3.13. The molecule has 1 saturated carbocycles. The van der Waals surface area contributed by atoms with Gasteiger partial charge in [0.1, 0.15) is 0 Å². The van der Waals surface area contributed by atoms with Crippen molar-refractivity contribution in [3.05, 3.63) is 17.0 Å². The normalized spacial score (nSPS) is 20.9. The second kappa shape index (κ2) is 3.07. The molecule has 4 nitrogen and oxygen atoms in total. The molecule has 0 spiro atoms. The first-order valence-corrected chi connectivity index (χ1v) is 5.40. The van der Waals surface area contributed by atoms with Gasteiger partial charge in [-0.05, 0) is 12.8 Å². The summed E-state index contributed by atoms with van der Waals surface area (Å²) in [7, 11) is 0. The number of rotatable bonds is 2. The summed E-state index contributed by atoms with van der Waals surface area (Å²) in [5, 5.41) is 8.00. The third kappa shape index (κ3) is 1.18. The zero-order valence-corrected chi connectivity index (χ0v) is 8.29. The highest BCUT2D eigenvalue weighted by Gasteiger charge is 2.30. The standard InChI is InChI=1S/C10H16N4/c11-5-9-8-6-12-4-3-10(8)14(13-9)7-1-2-7/h7,12H,1-6,11H2. The Balaban J connectivity index is 2.07. The van der Waals surface area contributed by atoms with Crippen LogP contribution in [0.5, 0.6) is 0 Å². The number of nitrogens with one attached hydrogen (secondary N) is 1. The first-order chi connectivity index (χ1) is 6.90. The summed E-state index contributed by atoms with van der Waals surface area (Å²) in [6.07, 6.45) is 3.70. The van der Waals surface area contributed by atoms with Gasteiger partial charge in [-0.1, -0.05) is 0 Å². The average molecular weight is 192 g/mol. The minimum Gasteiger partial charge on any atom is -0.325 e. The second-order valence-corrected chi connectivity index (χ2v) is 4.18. The summed E-state index contributed by atoms with van der Waals surface area (Å²) in [4.78, 5) is 0. The lowest BCUT2D eigenvalue weighted by molar-refractivity contribution is 0.561. The van der Waals surface area contributed by atoms with Gasteiger partial charge >= 0.3 is 0 Å². The summed E-state index contributed by atoms with van der Waals surface area (Å²) in [6, 6.07) is 0.683. The Morgan fingerprint density at radius 3 is 3.07 bits per heavy atom. The molecule has 2 heterocycles. The fraction of sp³-hybridized carbons (Fsp3) is 0.700. The molecule has 1 aliphatic carbocycles. The van der Waals surface area contributed by atoms with Gasteiger partial charge in [-0.3, -0.25) is 4.68 Å². The Hall–Kier alpha value is -0.870. The van der Waals surface area contributed by atoms with E-state index in [4.69, 9.17) is 5.73 Å². The lowest BCUT2D eigenvalue weighted by Crippen LogP contribution is -2.25. The lowest BCUT2D eigenvalue weighted by Gasteiger charge is -2.15. The van der Waals surface area contributed by atoms with Crippen molar-refractivity contribution in [1.29, 1.82) is 0 Å². The van der Waals surface area contributed by atoms with Gasteiger partial charge in [-0.2, -0.15) is 5.10 Å². The Morgan fingerprint density at radius 1 is 1.50 bits per heavy atom. The molecular weight excluding hydrogens is 176 g/mol. The quantitative estimate of drug-likeness (QED) is 0.709. The Morgan fingerprint density at radius 2 is 2.36 bits per heavy atom. The molecule has 1 aliphatic heterocycles. The van der Waals surface area contributed by atoms with E-state index >= 15 is 0 Å². The zero-order valence-electron chi connectivity index (χ0n) is 8.29. The van der Waals surface area contributed by atoms with Crippen LogP contribution in [0.3, 0.4) is 0 Å². The maximum absolute atomic E-state index is 5.70. The predicted molar refractivity (Wildman–Crippen MR) is 53.8 cm³/mol. The van der Waals surface area contributed by atoms with Crippen LogP contribution in [0.4, 0.5) is 0 Å². The van der Waals surface area contributed by atoms with E-state index in [-0.39, 0.29) is 0 Å². The highest BCUT2D eigenvalue weighted by atomic mass is 15.3. The van der Waals surface area contributed by atoms with Crippen LogP contribution >= 0.6 is 0 Å². The van der Waals surface area contributed by atoms with Crippen molar-refractivity contribution in [2.45, 2.75) is 38.4 Å². The maximum atomic E-state index is 5.70. The molecule has 1 aromatic heterocycles. The van der Waals surface area contributed by atoms with Gasteiger partial charge < -0.3 is 11.1 Å². The first kappa shape index (κ1) is 8.44. The van der Waals surface area contributed by atoms with E-state index in [0.717, 1.165) is 25.2 Å². The van der Waals surface area contributed by atoms with Crippen LogP contribution in [0, 0.1) is 0 Å². The third-order valence-electron chi connectivity index (χ3n) is 3.13. The second-order valence-electron chi connectivity index (χ2n) is 4.18. The minimum atomic E-state index is 0.573. The number of nitrogens with zero attached hydrogens (tertiary/aromatic N) is 2. The van der Waals surface area contributed by atoms with Gasteiger partial charge in [0.15, 0.2) is 0 Å². The number of fused-ring (bicyclic) bond motifs is 1. The van der Waals surface area contributed by atoms with Crippen LogP contribution in [0.1, 0.15) is 35.8 Å². The summed E-state index contributed by atoms with van der Waals surface area (Å²) >= 11 is 0. The first-order valence-electron chi connectivity index (χ1n) is 5.40. The van der Waals surface area contributed by atoms with Crippen molar-refractivity contribution in [1.82, 2.24) is 15.1 Å². The van der Waals surface area contributed by atoms with Crippen molar-refractivity contribution in [2.75, 3.05) is 6.54 Å². The van der Waals surface area contributed by atoms with E-state index < -0.39 is 0 Å². The highest BCUT2D eigenvalue weighted by molar-refractivity contribution is 5.29. The van der Waals surface area contributed by atoms with E-state index in [0.29, 0.717) is 12.6 Å². The summed E-state index contributed by atoms with van der Waals surface area (Å²) in [5.41, 5.74) is 9.60. The molecule has 3 rings (SSSR count). The molecule has 14 heavy (non-hydrogen) atoms. The van der Waals surface area contributed by atoms with Crippen molar-refractivity contribution >= 4 is 0 Å². The van der Waals surface area contributed by atoms with Crippen LogP contribution in [-0.2, 0) is 19.5 Å². The fourth-order valence-corrected chi connectivity index (χ4v) is 2.23. The van der Waals surface area contributed by atoms with Gasteiger partial charge in [0, 0.05) is 37.3 Å². The van der Waals surface area contributed by atoms with Gasteiger partial charge in [-0.15, -0.1) is 0 Å². The van der Waals surface area contributed by atoms with Crippen molar-refractivity contribution in [3.8, 4) is 0 Å². The lowest BCUT2D eigenvalue weighted by atomic mass is 10.1. The zero-order chi connectivity index (χ0) is 9.54. The molecule has 1 aromatic rings. The van der Waals surface area contributed by atoms with Crippen LogP contribution in [-0.4, -0.2) is 16.3 Å². The average Bonchev–Trinajstić information content (AvgIpc) is 3.00. The molecule has 0 unspecified atom stereocenters. The van der Waals surface area contributed by atoms with E-state index in [9.17, 15) is 0 Å². The molecule has 4 heteroatoms. The van der Waals surface area contributed by atoms with E-state index in [2.05, 4.69) is 15.1 Å². The molecule has 0 saturated heterocycles. The minimum absolute atomic E-state index is 0.573. The molecule has 0 radical (unpaired) electrons. The smallest absolute Gasteiger partial charge is 0.0808 e. The van der Waals surface area contributed by atoms with Crippen molar-refractivity contribution in [2.24, 2.45) is 5.73 Å². The van der Waals surface area contributed by atoms with Gasteiger partial charge in [0.2, 0.25) is 0 Å². The Labute approximate surface area is 83.5 Å². The molecule has 3 N–H and O–H groups in total. The molecular formula is C10H16N4. The van der Waals surface area contributed by atoms with Gasteiger partial charge in [0.25, 0.3) is 0 Å². The largest absolute Gasteiger partial charge is 0.325 e. The van der Waals surface area contributed by atoms with Crippen LogP contribution in [0.15, 0.2) is 0 Å². The van der Waals surface area contributed by atoms with Gasteiger partial charge in [-0.25, -0.2) is 0 Å².